The number of unbranched alkanes of at least 4 members (excludes halogenated alkanes) is 5. The fourth-order valence-electron chi connectivity index (χ4n) is 13.7. The molecule has 10 aromatic rings. The topological polar surface area (TPSA) is 196 Å². The van der Waals surface area contributed by atoms with Gasteiger partial charge in [0.25, 0.3) is 0 Å². The van der Waals surface area contributed by atoms with Gasteiger partial charge >= 0.3 is 0 Å². The summed E-state index contributed by atoms with van der Waals surface area (Å²) in [6.45, 7) is 44.2. The standard InChI is InChI=1S/C100H131BrO20/c1-91(2,101)81-41-31-72-62-82(42-32-71(72)61-81)92(3,4)114-105-53-23-24-54-106-116-95(9,10)85-45-35-76-66-86(46-36-75(76)65-85)96(11,12)118-109-57-27-28-58-110-120-99(17,18)89-49-39-80-70-90(50-40-79(80)69-89)100(19,20)121-112-60-30-29-59-111-119-98(15,16)88-48-38-77-67-87(47-37-78(77)68-88)97(13,14)117-108-56-26-25-55-107-115-94(7,8)84-44-34-73-63-83(43-33-74(73)64-84)93(5,6)113-104-52-22-21-51-103-102/h31-50,61-70,102H,21-30,51-60H2,1-20H3. The van der Waals surface area contributed by atoms with Gasteiger partial charge in [0.2, 0.25) is 0 Å². The minimum Gasteiger partial charge on any atom is -0.252 e. The molecule has 0 atom stereocenters. The minimum absolute atomic E-state index is 0.0914. The number of fused-ring (bicyclic) bond motifs is 5. The normalized spacial score (nSPS) is 13.3. The van der Waals surface area contributed by atoms with Crippen LogP contribution in [0.2, 0.25) is 0 Å². The van der Waals surface area contributed by atoms with Gasteiger partial charge < -0.3 is 0 Å². The Kier molecular flexibility index (Phi) is 34.2. The SMILES string of the molecule is CC(C)(Br)c1ccc2cc(C(C)(C)OOCCCCOOC(C)(C)c3ccc4cc(C(C)(C)OOCCCCOOC(C)(C)c5ccc6cc(C(C)(C)OOCCCCOOC(C)(C)c7ccc8cc(C(C)(C)OOCCCCOOC(C)(C)c9ccc%10cc(C(C)(C)OOCCCCOO)ccc%10c9)ccc8c7)ccc6c5)ccc4c3)ccc2c1. The molecule has 0 aromatic heterocycles. The Balaban J connectivity index is 0.550. The molecule has 0 unspecified atom stereocenters. The Bertz CT molecular complexity index is 4890. The van der Waals surface area contributed by atoms with Gasteiger partial charge in [-0.3, -0.25) is 5.26 Å². The van der Waals surface area contributed by atoms with E-state index in [1.165, 1.54) is 10.9 Å². The van der Waals surface area contributed by atoms with Crippen molar-refractivity contribution in [3.63, 3.8) is 0 Å². The highest BCUT2D eigenvalue weighted by Gasteiger charge is 2.33. The van der Waals surface area contributed by atoms with Gasteiger partial charge in [0.05, 0.1) is 66.1 Å². The minimum atomic E-state index is -0.709. The summed E-state index contributed by atoms with van der Waals surface area (Å²) in [7, 11) is 0. The third-order valence-electron chi connectivity index (χ3n) is 22.1. The van der Waals surface area contributed by atoms with Crippen LogP contribution in [0.5, 0.6) is 0 Å². The van der Waals surface area contributed by atoms with Crippen LogP contribution >= 0.6 is 15.9 Å². The monoisotopic (exact) mass is 1730 g/mol. The van der Waals surface area contributed by atoms with Crippen molar-refractivity contribution in [1.29, 1.82) is 0 Å². The molecule has 0 radical (unpaired) electrons. The van der Waals surface area contributed by atoms with E-state index in [0.717, 1.165) is 124 Å². The number of rotatable bonds is 53. The molecule has 0 saturated heterocycles. The van der Waals surface area contributed by atoms with Gasteiger partial charge in [-0.25, -0.2) is 92.9 Å². The second-order valence-corrected chi connectivity index (χ2v) is 38.4. The van der Waals surface area contributed by atoms with Crippen LogP contribution in [0.1, 0.15) is 258 Å². The molecular formula is C100H131BrO20. The Labute approximate surface area is 724 Å². The van der Waals surface area contributed by atoms with Crippen molar-refractivity contribution in [3.05, 3.63) is 238 Å². The summed E-state index contributed by atoms with van der Waals surface area (Å²) in [5.74, 6) is 0. The van der Waals surface area contributed by atoms with E-state index >= 15 is 0 Å². The highest BCUT2D eigenvalue weighted by molar-refractivity contribution is 9.09. The molecule has 0 aliphatic rings. The zero-order valence-electron chi connectivity index (χ0n) is 75.0. The fraction of sp³-hybridized carbons (Fsp3) is 0.500. The van der Waals surface area contributed by atoms with Crippen LogP contribution in [-0.4, -0.2) is 71.3 Å². The molecule has 121 heavy (non-hydrogen) atoms. The van der Waals surface area contributed by atoms with Crippen LogP contribution in [0.25, 0.3) is 53.9 Å². The second kappa shape index (κ2) is 42.9. The molecule has 20 nitrogen and oxygen atoms in total. The first-order chi connectivity index (χ1) is 57.3. The Morgan fingerprint density at radius 1 is 0.182 bits per heavy atom. The molecule has 1 N–H and O–H groups in total. The molecule has 0 aliphatic heterocycles. The molecule has 0 amide bonds. The summed E-state index contributed by atoms with van der Waals surface area (Å²) in [6.07, 6.45) is 7.18. The van der Waals surface area contributed by atoms with Gasteiger partial charge in [-0.15, -0.1) is 0 Å². The zero-order chi connectivity index (χ0) is 87.3. The van der Waals surface area contributed by atoms with Gasteiger partial charge in [0.1, 0.15) is 50.4 Å². The number of hydrogen-bond acceptors (Lipinski definition) is 20. The van der Waals surface area contributed by atoms with E-state index < -0.39 is 50.4 Å². The summed E-state index contributed by atoms with van der Waals surface area (Å²) in [4.78, 5) is 109. The van der Waals surface area contributed by atoms with Crippen molar-refractivity contribution in [2.45, 2.75) is 257 Å². The summed E-state index contributed by atoms with van der Waals surface area (Å²) < 4.78 is -0.0914. The first kappa shape index (κ1) is 96.4. The Hall–Kier alpha value is -6.82. The Morgan fingerprint density at radius 2 is 0.298 bits per heavy atom. The average molecular weight is 1730 g/mol. The van der Waals surface area contributed by atoms with Crippen molar-refractivity contribution in [2.24, 2.45) is 0 Å². The maximum absolute atomic E-state index is 8.52. The lowest BCUT2D eigenvalue weighted by atomic mass is 9.92. The Morgan fingerprint density at radius 3 is 0.421 bits per heavy atom. The molecule has 0 bridgehead atoms. The van der Waals surface area contributed by atoms with Crippen molar-refractivity contribution in [1.82, 2.24) is 0 Å². The van der Waals surface area contributed by atoms with E-state index in [9.17, 15) is 0 Å². The lowest BCUT2D eigenvalue weighted by molar-refractivity contribution is -0.365. The third-order valence-corrected chi connectivity index (χ3v) is 22.5. The van der Waals surface area contributed by atoms with Gasteiger partial charge in [0, 0.05) is 4.32 Å². The number of hydrogen-bond donors (Lipinski definition) is 1. The fourth-order valence-corrected chi connectivity index (χ4v) is 14.0. The molecule has 658 valence electrons. The van der Waals surface area contributed by atoms with Gasteiger partial charge in [-0.2, -0.15) is 0 Å². The second-order valence-electron chi connectivity index (χ2n) is 36.5. The van der Waals surface area contributed by atoms with Gasteiger partial charge in [0.15, 0.2) is 0 Å². The lowest BCUT2D eigenvalue weighted by Crippen LogP contribution is -2.23. The molecule has 0 aliphatic carbocycles. The highest BCUT2D eigenvalue weighted by Crippen LogP contribution is 2.40. The van der Waals surface area contributed by atoms with E-state index in [1.54, 1.807) is 0 Å². The molecule has 10 rings (SSSR count). The number of alkyl halides is 1. The maximum Gasteiger partial charge on any atom is 0.123 e. The predicted octanol–water partition coefficient (Wildman–Crippen LogP) is 25.9. The van der Waals surface area contributed by atoms with E-state index in [1.807, 2.05) is 131 Å². The van der Waals surface area contributed by atoms with Crippen molar-refractivity contribution in [2.75, 3.05) is 66.1 Å². The summed E-state index contributed by atoms with van der Waals surface area (Å²) in [5, 5.41) is 19.4. The zero-order valence-corrected chi connectivity index (χ0v) is 76.6. The molecular weight excluding hydrogens is 1600 g/mol. The molecule has 10 aromatic carbocycles. The van der Waals surface area contributed by atoms with Crippen LogP contribution in [0.4, 0.5) is 0 Å². The van der Waals surface area contributed by atoms with E-state index in [0.29, 0.717) is 98.0 Å². The molecule has 0 spiro atoms. The largest absolute Gasteiger partial charge is 0.252 e. The van der Waals surface area contributed by atoms with Crippen molar-refractivity contribution < 1.29 is 98.1 Å². The van der Waals surface area contributed by atoms with E-state index in [-0.39, 0.29) is 10.9 Å². The van der Waals surface area contributed by atoms with Crippen molar-refractivity contribution in [3.8, 4) is 0 Å². The smallest absolute Gasteiger partial charge is 0.123 e. The molecule has 0 fully saturated rings. The van der Waals surface area contributed by atoms with E-state index in [2.05, 4.69) is 211 Å². The summed E-state index contributed by atoms with van der Waals surface area (Å²) in [5.41, 5.74) is 4.02. The van der Waals surface area contributed by atoms with Crippen LogP contribution in [0.15, 0.2) is 182 Å². The van der Waals surface area contributed by atoms with Crippen LogP contribution in [-0.2, 0) is 148 Å². The molecule has 0 saturated carbocycles. The first-order valence-corrected chi connectivity index (χ1v) is 43.5. The van der Waals surface area contributed by atoms with Crippen LogP contribution < -0.4 is 0 Å². The lowest BCUT2D eigenvalue weighted by Gasteiger charge is -2.26. The van der Waals surface area contributed by atoms with Crippen LogP contribution in [0, 0.1) is 0 Å². The summed E-state index contributed by atoms with van der Waals surface area (Å²) in [6, 6.07) is 63.3. The molecule has 0 heterocycles. The highest BCUT2D eigenvalue weighted by atomic mass is 79.9. The number of halogens is 1. The maximum atomic E-state index is 8.52. The molecule has 21 heteroatoms. The van der Waals surface area contributed by atoms with Crippen molar-refractivity contribution >= 4 is 69.8 Å². The predicted molar refractivity (Wildman–Crippen MR) is 477 cm³/mol. The van der Waals surface area contributed by atoms with Crippen LogP contribution in [0.3, 0.4) is 0 Å². The number of benzene rings is 10. The average Bonchev–Trinajstić information content (AvgIpc) is 0.863. The van der Waals surface area contributed by atoms with E-state index in [4.69, 9.17) is 93.2 Å². The third kappa shape index (κ3) is 27.8. The quantitative estimate of drug-likeness (QED) is 0.0163. The van der Waals surface area contributed by atoms with Gasteiger partial charge in [-0.05, 0) is 373 Å². The first-order valence-electron chi connectivity index (χ1n) is 42.7. The van der Waals surface area contributed by atoms with Gasteiger partial charge in [-0.1, -0.05) is 137 Å². The summed E-state index contributed by atoms with van der Waals surface area (Å²) >= 11 is 3.78.